The highest BCUT2D eigenvalue weighted by Crippen LogP contribution is 2.39. The molecule has 0 bridgehead atoms. The molecule has 6 rings (SSSR count). The van der Waals surface area contributed by atoms with E-state index in [1.54, 1.807) is 24.4 Å². The zero-order valence-corrected chi connectivity index (χ0v) is 21.2. The number of carbonyl (C=O) groups is 1. The Morgan fingerprint density at radius 3 is 2.39 bits per heavy atom. The van der Waals surface area contributed by atoms with E-state index in [0.717, 1.165) is 31.9 Å². The van der Waals surface area contributed by atoms with Crippen LogP contribution in [0.2, 0.25) is 10.0 Å². The van der Waals surface area contributed by atoms with E-state index in [2.05, 4.69) is 49.3 Å². The van der Waals surface area contributed by atoms with Gasteiger partial charge >= 0.3 is 0 Å². The molecule has 3 aliphatic rings. The maximum atomic E-state index is 13.5. The van der Waals surface area contributed by atoms with Crippen molar-refractivity contribution in [1.29, 1.82) is 0 Å². The predicted octanol–water partition coefficient (Wildman–Crippen LogP) is 4.12. The number of carbonyl (C=O) groups excluding carboxylic acids is 1. The maximum Gasteiger partial charge on any atom is 0.270 e. The lowest BCUT2D eigenvalue weighted by Gasteiger charge is -2.35. The largest absolute Gasteiger partial charge is 0.369 e. The first-order chi connectivity index (χ1) is 17.5. The first-order valence-corrected chi connectivity index (χ1v) is 12.5. The standard InChI is InChI=1S/C25H24Cl2N8O/c1-32-11-13-33(14-12-32)17-7-5-16(6-8-17)30-24-29-15-18-22(31-24)34-10-9-28-25(34)35(23(18)36)21-19(26)3-2-4-20(21)27/h2-8,15H,9-14H2,1H3,(H,29,30,31). The highest BCUT2D eigenvalue weighted by molar-refractivity contribution is 6.43. The van der Waals surface area contributed by atoms with E-state index >= 15 is 0 Å². The number of piperazine rings is 1. The van der Waals surface area contributed by atoms with Gasteiger partial charge in [0.25, 0.3) is 5.91 Å². The van der Waals surface area contributed by atoms with Crippen LogP contribution in [-0.4, -0.2) is 73.1 Å². The number of para-hydroxylation sites is 1. The van der Waals surface area contributed by atoms with Gasteiger partial charge in [0.05, 0.1) is 22.3 Å². The highest BCUT2D eigenvalue weighted by Gasteiger charge is 2.41. The number of rotatable bonds is 4. The lowest BCUT2D eigenvalue weighted by atomic mass is 10.1. The number of aliphatic imine (C=N–C) groups is 1. The predicted molar refractivity (Wildman–Crippen MR) is 144 cm³/mol. The molecule has 1 amide bonds. The van der Waals surface area contributed by atoms with Gasteiger partial charge in [-0.1, -0.05) is 29.3 Å². The third kappa shape index (κ3) is 4.03. The van der Waals surface area contributed by atoms with Gasteiger partial charge in [-0.05, 0) is 43.4 Å². The van der Waals surface area contributed by atoms with E-state index in [1.165, 1.54) is 10.6 Å². The molecule has 2 aromatic carbocycles. The van der Waals surface area contributed by atoms with Gasteiger partial charge in [0, 0.05) is 50.3 Å². The Hall–Kier alpha value is -3.40. The van der Waals surface area contributed by atoms with E-state index in [1.807, 2.05) is 17.0 Å². The number of fused-ring (bicyclic) bond motifs is 3. The Morgan fingerprint density at radius 2 is 1.67 bits per heavy atom. The van der Waals surface area contributed by atoms with Crippen LogP contribution in [0.15, 0.2) is 53.7 Å². The summed E-state index contributed by atoms with van der Waals surface area (Å²) in [6.07, 6.45) is 1.54. The Labute approximate surface area is 219 Å². The summed E-state index contributed by atoms with van der Waals surface area (Å²) < 4.78 is 0. The fraction of sp³-hybridized carbons (Fsp3) is 0.280. The first-order valence-electron chi connectivity index (χ1n) is 11.8. The summed E-state index contributed by atoms with van der Waals surface area (Å²) >= 11 is 12.9. The molecule has 0 saturated carbocycles. The fourth-order valence-corrected chi connectivity index (χ4v) is 5.25. The second-order valence-electron chi connectivity index (χ2n) is 8.94. The van der Waals surface area contributed by atoms with E-state index < -0.39 is 0 Å². The van der Waals surface area contributed by atoms with Gasteiger partial charge in [-0.25, -0.2) is 9.88 Å². The molecule has 184 valence electrons. The summed E-state index contributed by atoms with van der Waals surface area (Å²) in [5.41, 5.74) is 2.84. The molecule has 11 heteroatoms. The average molecular weight is 523 g/mol. The van der Waals surface area contributed by atoms with Gasteiger partial charge < -0.3 is 15.1 Å². The number of anilines is 5. The topological polar surface area (TPSA) is 80.2 Å². The van der Waals surface area contributed by atoms with E-state index in [0.29, 0.717) is 52.1 Å². The highest BCUT2D eigenvalue weighted by atomic mass is 35.5. The van der Waals surface area contributed by atoms with Gasteiger partial charge in [-0.3, -0.25) is 14.7 Å². The Morgan fingerprint density at radius 1 is 0.944 bits per heavy atom. The van der Waals surface area contributed by atoms with Crippen molar-refractivity contribution in [1.82, 2.24) is 14.9 Å². The van der Waals surface area contributed by atoms with Crippen molar-refractivity contribution in [3.8, 4) is 0 Å². The van der Waals surface area contributed by atoms with E-state index in [4.69, 9.17) is 23.2 Å². The zero-order valence-electron chi connectivity index (χ0n) is 19.7. The summed E-state index contributed by atoms with van der Waals surface area (Å²) in [5, 5.41) is 4.00. The summed E-state index contributed by atoms with van der Waals surface area (Å²) in [4.78, 5) is 35.3. The molecule has 0 aliphatic carbocycles. The molecular formula is C25H24Cl2N8O. The normalized spacial score (nSPS) is 17.7. The van der Waals surface area contributed by atoms with Crippen LogP contribution in [0.1, 0.15) is 10.4 Å². The Kier molecular flexibility index (Phi) is 5.91. The summed E-state index contributed by atoms with van der Waals surface area (Å²) in [6.45, 7) is 5.27. The van der Waals surface area contributed by atoms with Gasteiger partial charge in [-0.2, -0.15) is 4.98 Å². The van der Waals surface area contributed by atoms with Gasteiger partial charge in [-0.15, -0.1) is 0 Å². The van der Waals surface area contributed by atoms with Crippen LogP contribution in [-0.2, 0) is 0 Å². The molecule has 1 saturated heterocycles. The van der Waals surface area contributed by atoms with Crippen molar-refractivity contribution in [2.24, 2.45) is 4.99 Å². The molecule has 1 N–H and O–H groups in total. The van der Waals surface area contributed by atoms with Crippen molar-refractivity contribution in [2.45, 2.75) is 0 Å². The summed E-state index contributed by atoms with van der Waals surface area (Å²) in [6, 6.07) is 13.4. The van der Waals surface area contributed by atoms with Gasteiger partial charge in [0.2, 0.25) is 11.9 Å². The number of halogens is 2. The summed E-state index contributed by atoms with van der Waals surface area (Å²) in [5.74, 6) is 1.07. The fourth-order valence-electron chi connectivity index (χ4n) is 4.68. The summed E-state index contributed by atoms with van der Waals surface area (Å²) in [7, 11) is 2.15. The van der Waals surface area contributed by atoms with Crippen molar-refractivity contribution >= 4 is 63.9 Å². The number of guanidine groups is 1. The van der Waals surface area contributed by atoms with Crippen LogP contribution in [0, 0.1) is 0 Å². The molecule has 0 radical (unpaired) electrons. The van der Waals surface area contributed by atoms with Crippen molar-refractivity contribution in [3.05, 3.63) is 64.3 Å². The second-order valence-corrected chi connectivity index (χ2v) is 9.75. The number of amides is 1. The number of hydrogen-bond donors (Lipinski definition) is 1. The van der Waals surface area contributed by atoms with Crippen LogP contribution in [0.5, 0.6) is 0 Å². The third-order valence-electron chi connectivity index (χ3n) is 6.63. The number of aromatic nitrogens is 2. The Balaban J connectivity index is 1.27. The first kappa shape index (κ1) is 23.0. The monoisotopic (exact) mass is 522 g/mol. The van der Waals surface area contributed by atoms with Crippen molar-refractivity contribution < 1.29 is 4.79 Å². The molecule has 3 aliphatic heterocycles. The number of likely N-dealkylation sites (N-methyl/N-ethyl adjacent to an activating group) is 1. The van der Waals surface area contributed by atoms with Crippen LogP contribution >= 0.6 is 23.2 Å². The lowest BCUT2D eigenvalue weighted by Crippen LogP contribution is -2.51. The van der Waals surface area contributed by atoms with Crippen molar-refractivity contribution in [3.63, 3.8) is 0 Å². The van der Waals surface area contributed by atoms with Gasteiger partial charge in [0.1, 0.15) is 5.56 Å². The minimum absolute atomic E-state index is 0.319. The molecule has 4 heterocycles. The smallest absolute Gasteiger partial charge is 0.270 e. The minimum Gasteiger partial charge on any atom is -0.369 e. The third-order valence-corrected chi connectivity index (χ3v) is 7.24. The molecule has 1 aromatic heterocycles. The second kappa shape index (κ2) is 9.24. The molecular weight excluding hydrogens is 499 g/mol. The number of nitrogens with zero attached hydrogens (tertiary/aromatic N) is 7. The van der Waals surface area contributed by atoms with Crippen LogP contribution < -0.4 is 20.0 Å². The van der Waals surface area contributed by atoms with E-state index in [-0.39, 0.29) is 5.91 Å². The molecule has 0 unspecified atom stereocenters. The number of hydrogen-bond acceptors (Lipinski definition) is 8. The SMILES string of the molecule is CN1CCN(c2ccc(Nc3ncc4c(n3)N3CCN=C3N(c3c(Cl)cccc3Cl)C4=O)cc2)CC1. The molecule has 36 heavy (non-hydrogen) atoms. The van der Waals surface area contributed by atoms with Crippen LogP contribution in [0.25, 0.3) is 0 Å². The van der Waals surface area contributed by atoms with Crippen LogP contribution in [0.4, 0.5) is 28.8 Å². The lowest BCUT2D eigenvalue weighted by molar-refractivity contribution is 0.1000. The maximum absolute atomic E-state index is 13.5. The molecule has 0 spiro atoms. The molecule has 1 fully saturated rings. The van der Waals surface area contributed by atoms with Crippen LogP contribution in [0.3, 0.4) is 0 Å². The molecule has 9 nitrogen and oxygen atoms in total. The van der Waals surface area contributed by atoms with E-state index in [9.17, 15) is 4.79 Å². The number of benzene rings is 2. The molecule has 0 atom stereocenters. The van der Waals surface area contributed by atoms with Crippen molar-refractivity contribution in [2.75, 3.05) is 66.3 Å². The zero-order chi connectivity index (χ0) is 24.8. The average Bonchev–Trinajstić information content (AvgIpc) is 3.37. The quantitative estimate of drug-likeness (QED) is 0.551. The van der Waals surface area contributed by atoms with Gasteiger partial charge in [0.15, 0.2) is 5.82 Å². The Bertz CT molecular complexity index is 1330. The number of nitrogens with one attached hydrogen (secondary N) is 1. The minimum atomic E-state index is -0.319. The molecule has 3 aromatic rings.